The minimum atomic E-state index is 0.305. The molecule has 2 fully saturated rings. The molecule has 0 bridgehead atoms. The molecule has 3 nitrogen and oxygen atoms in total. The van der Waals surface area contributed by atoms with Crippen LogP contribution in [0.3, 0.4) is 0 Å². The van der Waals surface area contributed by atoms with Crippen molar-refractivity contribution in [3.05, 3.63) is 29.8 Å². The van der Waals surface area contributed by atoms with Crippen LogP contribution in [-0.2, 0) is 15.9 Å². The van der Waals surface area contributed by atoms with Gasteiger partial charge in [0.1, 0.15) is 18.5 Å². The summed E-state index contributed by atoms with van der Waals surface area (Å²) >= 11 is 0. The van der Waals surface area contributed by atoms with Crippen molar-refractivity contribution < 1.29 is 14.2 Å². The van der Waals surface area contributed by atoms with Crippen molar-refractivity contribution in [1.29, 1.82) is 0 Å². The predicted octanol–water partition coefficient (Wildman–Crippen LogP) is 1.21. The molecule has 1 aromatic rings. The first-order chi connectivity index (χ1) is 7.42. The Morgan fingerprint density at radius 1 is 1.33 bits per heavy atom. The number of ether oxygens (including phenoxy) is 3. The number of hydrogen-bond acceptors (Lipinski definition) is 3. The monoisotopic (exact) mass is 205 g/mol. The molecule has 2 atom stereocenters. The quantitative estimate of drug-likeness (QED) is 0.677. The van der Waals surface area contributed by atoms with Gasteiger partial charge in [-0.05, 0) is 23.8 Å². The summed E-state index contributed by atoms with van der Waals surface area (Å²) in [5, 5.41) is 0. The van der Waals surface area contributed by atoms with Crippen LogP contribution in [0, 0.1) is 6.07 Å². The van der Waals surface area contributed by atoms with Gasteiger partial charge in [0, 0.05) is 6.42 Å². The van der Waals surface area contributed by atoms with E-state index in [-0.39, 0.29) is 0 Å². The molecule has 2 aliphatic rings. The second-order valence-corrected chi connectivity index (χ2v) is 3.96. The zero-order chi connectivity index (χ0) is 10.1. The van der Waals surface area contributed by atoms with E-state index in [9.17, 15) is 0 Å². The lowest BCUT2D eigenvalue weighted by Crippen LogP contribution is -2.06. The molecule has 79 valence electrons. The average molecular weight is 205 g/mol. The SMILES string of the molecule is [c]1ccc(OCC2CO2)c(CC2CO2)c1. The minimum absolute atomic E-state index is 0.305. The average Bonchev–Trinajstić information content (AvgIpc) is 3.12. The van der Waals surface area contributed by atoms with Gasteiger partial charge in [-0.15, -0.1) is 0 Å². The Hall–Kier alpha value is -1.06. The van der Waals surface area contributed by atoms with E-state index in [1.54, 1.807) is 0 Å². The zero-order valence-electron chi connectivity index (χ0n) is 8.44. The van der Waals surface area contributed by atoms with Crippen molar-refractivity contribution in [2.24, 2.45) is 0 Å². The maximum absolute atomic E-state index is 5.69. The lowest BCUT2D eigenvalue weighted by atomic mass is 10.1. The highest BCUT2D eigenvalue weighted by molar-refractivity contribution is 5.33. The Bertz CT molecular complexity index is 342. The van der Waals surface area contributed by atoms with Crippen molar-refractivity contribution in [3.63, 3.8) is 0 Å². The van der Waals surface area contributed by atoms with Crippen LogP contribution in [0.4, 0.5) is 0 Å². The van der Waals surface area contributed by atoms with E-state index < -0.39 is 0 Å². The highest BCUT2D eigenvalue weighted by atomic mass is 16.6. The molecule has 0 saturated carbocycles. The molecule has 1 aromatic carbocycles. The van der Waals surface area contributed by atoms with Crippen molar-refractivity contribution in [2.75, 3.05) is 19.8 Å². The Morgan fingerprint density at radius 3 is 2.87 bits per heavy atom. The molecule has 0 aliphatic carbocycles. The highest BCUT2D eigenvalue weighted by Crippen LogP contribution is 2.25. The summed E-state index contributed by atoms with van der Waals surface area (Å²) in [5.41, 5.74) is 1.18. The Balaban J connectivity index is 1.66. The first kappa shape index (κ1) is 9.19. The molecular weight excluding hydrogens is 192 g/mol. The number of rotatable bonds is 5. The van der Waals surface area contributed by atoms with Gasteiger partial charge in [-0.2, -0.15) is 0 Å². The molecule has 2 saturated heterocycles. The van der Waals surface area contributed by atoms with Crippen LogP contribution in [0.15, 0.2) is 18.2 Å². The van der Waals surface area contributed by atoms with Gasteiger partial charge in [-0.3, -0.25) is 0 Å². The predicted molar refractivity (Wildman–Crippen MR) is 54.0 cm³/mol. The fourth-order valence-corrected chi connectivity index (χ4v) is 1.53. The molecule has 2 heterocycles. The van der Waals surface area contributed by atoms with E-state index in [1.165, 1.54) is 5.56 Å². The van der Waals surface area contributed by atoms with E-state index in [2.05, 4.69) is 6.07 Å². The standard InChI is InChI=1S/C12H13O3/c1-2-4-12(15-8-11-7-14-11)9(3-1)5-10-6-13-10/h2-4,10-11H,5-8H2. The van der Waals surface area contributed by atoms with Crippen LogP contribution in [0.1, 0.15) is 5.56 Å². The highest BCUT2D eigenvalue weighted by Gasteiger charge is 2.26. The van der Waals surface area contributed by atoms with Crippen LogP contribution < -0.4 is 4.74 Å². The van der Waals surface area contributed by atoms with Crippen LogP contribution in [0.5, 0.6) is 5.75 Å². The summed E-state index contributed by atoms with van der Waals surface area (Å²) in [5.74, 6) is 0.944. The maximum Gasteiger partial charge on any atom is 0.122 e. The minimum Gasteiger partial charge on any atom is -0.491 e. The van der Waals surface area contributed by atoms with E-state index in [4.69, 9.17) is 14.2 Å². The molecule has 15 heavy (non-hydrogen) atoms. The van der Waals surface area contributed by atoms with E-state index >= 15 is 0 Å². The summed E-state index contributed by atoms with van der Waals surface area (Å²) in [6, 6.07) is 8.88. The molecule has 0 aromatic heterocycles. The summed E-state index contributed by atoms with van der Waals surface area (Å²) in [6.07, 6.45) is 1.62. The number of epoxide rings is 2. The zero-order valence-corrected chi connectivity index (χ0v) is 8.44. The molecule has 3 heteroatoms. The third-order valence-electron chi connectivity index (χ3n) is 2.58. The molecule has 0 amide bonds. The Morgan fingerprint density at radius 2 is 2.13 bits per heavy atom. The third kappa shape index (κ3) is 2.49. The smallest absolute Gasteiger partial charge is 0.122 e. The number of benzene rings is 1. The summed E-state index contributed by atoms with van der Waals surface area (Å²) in [7, 11) is 0. The molecule has 0 N–H and O–H groups in total. The first-order valence-electron chi connectivity index (χ1n) is 5.27. The van der Waals surface area contributed by atoms with Gasteiger partial charge in [-0.25, -0.2) is 0 Å². The van der Waals surface area contributed by atoms with Crippen molar-refractivity contribution in [3.8, 4) is 5.75 Å². The van der Waals surface area contributed by atoms with Gasteiger partial charge in [0.15, 0.2) is 0 Å². The lowest BCUT2D eigenvalue weighted by Gasteiger charge is -2.09. The van der Waals surface area contributed by atoms with Gasteiger partial charge in [0.25, 0.3) is 0 Å². The molecule has 2 unspecified atom stereocenters. The van der Waals surface area contributed by atoms with E-state index in [0.29, 0.717) is 18.8 Å². The van der Waals surface area contributed by atoms with Crippen LogP contribution in [0.2, 0.25) is 0 Å². The van der Waals surface area contributed by atoms with Gasteiger partial charge in [0.2, 0.25) is 0 Å². The Labute approximate surface area is 89.0 Å². The normalized spacial score (nSPS) is 27.5. The second-order valence-electron chi connectivity index (χ2n) is 3.96. The largest absolute Gasteiger partial charge is 0.491 e. The summed E-state index contributed by atoms with van der Waals surface area (Å²) in [4.78, 5) is 0. The van der Waals surface area contributed by atoms with Gasteiger partial charge in [-0.1, -0.05) is 6.07 Å². The molecule has 0 spiro atoms. The van der Waals surface area contributed by atoms with Crippen molar-refractivity contribution >= 4 is 0 Å². The van der Waals surface area contributed by atoms with Gasteiger partial charge < -0.3 is 14.2 Å². The van der Waals surface area contributed by atoms with Crippen LogP contribution in [-0.4, -0.2) is 32.0 Å². The Kier molecular flexibility index (Phi) is 2.35. The maximum atomic E-state index is 5.69. The van der Waals surface area contributed by atoms with Crippen LogP contribution >= 0.6 is 0 Å². The molecule has 1 radical (unpaired) electrons. The number of hydrogen-bond donors (Lipinski definition) is 0. The molecule has 2 aliphatic heterocycles. The topological polar surface area (TPSA) is 34.3 Å². The van der Waals surface area contributed by atoms with Crippen LogP contribution in [0.25, 0.3) is 0 Å². The first-order valence-corrected chi connectivity index (χ1v) is 5.27. The van der Waals surface area contributed by atoms with Gasteiger partial charge >= 0.3 is 0 Å². The van der Waals surface area contributed by atoms with Gasteiger partial charge in [0.05, 0.1) is 19.3 Å². The van der Waals surface area contributed by atoms with Crippen molar-refractivity contribution in [1.82, 2.24) is 0 Å². The molecular formula is C12H13O3. The third-order valence-corrected chi connectivity index (χ3v) is 2.58. The van der Waals surface area contributed by atoms with Crippen molar-refractivity contribution in [2.45, 2.75) is 18.6 Å². The fourth-order valence-electron chi connectivity index (χ4n) is 1.53. The molecule has 3 rings (SSSR count). The van der Waals surface area contributed by atoms with E-state index in [0.717, 1.165) is 25.4 Å². The second kappa shape index (κ2) is 3.83. The fraction of sp³-hybridized carbons (Fsp3) is 0.500. The lowest BCUT2D eigenvalue weighted by molar-refractivity contribution is 0.260. The summed E-state index contributed by atoms with van der Waals surface area (Å²) in [6.45, 7) is 2.36. The van der Waals surface area contributed by atoms with E-state index in [1.807, 2.05) is 18.2 Å². The summed E-state index contributed by atoms with van der Waals surface area (Å²) < 4.78 is 16.0.